The van der Waals surface area contributed by atoms with Gasteiger partial charge in [-0.25, -0.2) is 4.68 Å². The molecule has 182 valence electrons. The number of amides is 1. The van der Waals surface area contributed by atoms with E-state index in [1.54, 1.807) is 0 Å². The zero-order valence-electron chi connectivity index (χ0n) is 19.4. The molecule has 0 unspecified atom stereocenters. The summed E-state index contributed by atoms with van der Waals surface area (Å²) in [6.07, 6.45) is -3.11. The van der Waals surface area contributed by atoms with Crippen LogP contribution in [0, 0.1) is 13.8 Å². The van der Waals surface area contributed by atoms with E-state index in [0.29, 0.717) is 6.54 Å². The Kier molecular flexibility index (Phi) is 6.63. The van der Waals surface area contributed by atoms with Gasteiger partial charge in [-0.05, 0) is 49.2 Å². The monoisotopic (exact) mass is 483 g/mol. The van der Waals surface area contributed by atoms with E-state index in [2.05, 4.69) is 15.5 Å². The smallest absolute Gasteiger partial charge is 0.416 e. The summed E-state index contributed by atoms with van der Waals surface area (Å²) in [6.45, 7) is 4.79. The first-order chi connectivity index (χ1) is 16.6. The maximum Gasteiger partial charge on any atom is 0.416 e. The summed E-state index contributed by atoms with van der Waals surface area (Å²) in [4.78, 5) is 12.8. The molecule has 4 aromatic rings. The average molecular weight is 483 g/mol. The minimum atomic E-state index is -4.49. The number of ether oxygens (including phenoxy) is 1. The molecule has 2 heterocycles. The fourth-order valence-electron chi connectivity index (χ4n) is 3.73. The molecule has 0 bridgehead atoms. The van der Waals surface area contributed by atoms with Crippen molar-refractivity contribution in [3.05, 3.63) is 94.6 Å². The quantitative estimate of drug-likeness (QED) is 0.414. The zero-order valence-corrected chi connectivity index (χ0v) is 19.4. The lowest BCUT2D eigenvalue weighted by atomic mass is 10.1. The fourth-order valence-corrected chi connectivity index (χ4v) is 3.73. The van der Waals surface area contributed by atoms with Gasteiger partial charge in [-0.15, -0.1) is 0 Å². The van der Waals surface area contributed by atoms with Crippen LogP contribution < -0.4 is 10.1 Å². The van der Waals surface area contributed by atoms with Crippen molar-refractivity contribution in [2.75, 3.05) is 7.11 Å². The number of carbonyl (C=O) groups is 1. The Hall–Kier alpha value is -4.08. The van der Waals surface area contributed by atoms with Crippen molar-refractivity contribution in [2.45, 2.75) is 33.1 Å². The summed E-state index contributed by atoms with van der Waals surface area (Å²) in [5.41, 5.74) is 3.26. The predicted octanol–water partition coefficient (Wildman–Crippen LogP) is 4.69. The van der Waals surface area contributed by atoms with E-state index >= 15 is 0 Å². The molecule has 35 heavy (non-hydrogen) atoms. The van der Waals surface area contributed by atoms with Gasteiger partial charge in [0.15, 0.2) is 11.4 Å². The summed E-state index contributed by atoms with van der Waals surface area (Å²) in [6, 6.07) is 14.5. The molecule has 0 aliphatic carbocycles. The summed E-state index contributed by atoms with van der Waals surface area (Å²) in [7, 11) is 1.37. The highest BCUT2D eigenvalue weighted by Gasteiger charge is 2.30. The molecule has 0 atom stereocenters. The van der Waals surface area contributed by atoms with Crippen molar-refractivity contribution in [2.24, 2.45) is 0 Å². The summed E-state index contributed by atoms with van der Waals surface area (Å²) < 4.78 is 47.6. The van der Waals surface area contributed by atoms with Crippen LogP contribution in [-0.2, 0) is 19.3 Å². The highest BCUT2D eigenvalue weighted by Crippen LogP contribution is 2.30. The Morgan fingerprint density at radius 3 is 2.46 bits per heavy atom. The number of carbonyl (C=O) groups excluding carboxylic acids is 1. The minimum Gasteiger partial charge on any atom is -0.493 e. The summed E-state index contributed by atoms with van der Waals surface area (Å²) in [5.74, 6) is -0.352. The van der Waals surface area contributed by atoms with Gasteiger partial charge in [0.25, 0.3) is 5.91 Å². The van der Waals surface area contributed by atoms with Crippen molar-refractivity contribution in [1.82, 2.24) is 24.9 Å². The van der Waals surface area contributed by atoms with Crippen LogP contribution in [0.3, 0.4) is 0 Å². The molecule has 1 N–H and O–H groups in total. The molecule has 2 aromatic carbocycles. The Morgan fingerprint density at radius 1 is 1.03 bits per heavy atom. The summed E-state index contributed by atoms with van der Waals surface area (Å²) >= 11 is 0. The van der Waals surface area contributed by atoms with Gasteiger partial charge in [-0.1, -0.05) is 30.3 Å². The number of hydrogen-bond acceptors (Lipinski definition) is 4. The second-order valence-electron chi connectivity index (χ2n) is 8.13. The number of methoxy groups -OCH3 is 1. The SMILES string of the molecule is COc1cn(-c2cccc(C(F)(F)F)c2)nc1C(=O)NCc1cccc(Cn2nc(C)cc2C)c1. The molecule has 0 aliphatic heterocycles. The number of benzene rings is 2. The molecule has 10 heteroatoms. The summed E-state index contributed by atoms with van der Waals surface area (Å²) in [5, 5.41) is 11.4. The average Bonchev–Trinajstić information content (AvgIpc) is 3.40. The van der Waals surface area contributed by atoms with Crippen LogP contribution in [0.5, 0.6) is 5.75 Å². The standard InChI is InChI=1S/C25H24F3N5O2/c1-16-10-17(2)32(30-16)14-19-7-4-6-18(11-19)13-29-24(34)23-22(35-3)15-33(31-23)21-9-5-8-20(12-21)25(26,27)28/h4-12,15H,13-14H2,1-3H3,(H,29,34). The topological polar surface area (TPSA) is 74.0 Å². The molecule has 2 aromatic heterocycles. The third-order valence-corrected chi connectivity index (χ3v) is 5.43. The highest BCUT2D eigenvalue weighted by atomic mass is 19.4. The first-order valence-electron chi connectivity index (χ1n) is 10.8. The Morgan fingerprint density at radius 2 is 1.77 bits per heavy atom. The molecule has 0 radical (unpaired) electrons. The van der Waals surface area contributed by atoms with E-state index in [9.17, 15) is 18.0 Å². The van der Waals surface area contributed by atoms with E-state index in [-0.39, 0.29) is 23.7 Å². The van der Waals surface area contributed by atoms with Gasteiger partial charge in [0.05, 0.1) is 36.8 Å². The second kappa shape index (κ2) is 9.65. The highest BCUT2D eigenvalue weighted by molar-refractivity contribution is 5.94. The lowest BCUT2D eigenvalue weighted by Gasteiger charge is -2.09. The molecule has 0 saturated carbocycles. The maximum atomic E-state index is 13.1. The molecule has 1 amide bonds. The fraction of sp³-hybridized carbons (Fsp3) is 0.240. The normalized spacial score (nSPS) is 11.5. The van der Waals surface area contributed by atoms with Crippen LogP contribution in [0.1, 0.15) is 38.6 Å². The van der Waals surface area contributed by atoms with Gasteiger partial charge in [0, 0.05) is 12.2 Å². The molecular formula is C25H24F3N5O2. The molecule has 7 nitrogen and oxygen atoms in total. The largest absolute Gasteiger partial charge is 0.493 e. The van der Waals surface area contributed by atoms with Crippen LogP contribution >= 0.6 is 0 Å². The number of hydrogen-bond donors (Lipinski definition) is 1. The van der Waals surface area contributed by atoms with Gasteiger partial charge in [0.1, 0.15) is 0 Å². The third kappa shape index (κ3) is 5.53. The van der Waals surface area contributed by atoms with Crippen molar-refractivity contribution in [1.29, 1.82) is 0 Å². The van der Waals surface area contributed by atoms with E-state index < -0.39 is 17.6 Å². The molecule has 4 rings (SSSR count). The maximum absolute atomic E-state index is 13.1. The molecular weight excluding hydrogens is 459 g/mol. The van der Waals surface area contributed by atoms with Gasteiger partial charge < -0.3 is 10.1 Å². The van der Waals surface area contributed by atoms with Crippen LogP contribution in [-0.4, -0.2) is 32.6 Å². The number of nitrogens with one attached hydrogen (secondary N) is 1. The first-order valence-corrected chi connectivity index (χ1v) is 10.8. The Labute approximate surface area is 200 Å². The zero-order chi connectivity index (χ0) is 25.2. The van der Waals surface area contributed by atoms with Gasteiger partial charge >= 0.3 is 6.18 Å². The molecule has 0 fully saturated rings. The van der Waals surface area contributed by atoms with Gasteiger partial charge in [-0.2, -0.15) is 23.4 Å². The van der Waals surface area contributed by atoms with Crippen LogP contribution in [0.2, 0.25) is 0 Å². The molecule has 0 spiro atoms. The number of halogens is 3. The number of rotatable bonds is 7. The number of nitrogens with zero attached hydrogens (tertiary/aromatic N) is 4. The van der Waals surface area contributed by atoms with E-state index in [0.717, 1.165) is 34.6 Å². The van der Waals surface area contributed by atoms with Crippen molar-refractivity contribution >= 4 is 5.91 Å². The van der Waals surface area contributed by atoms with Crippen molar-refractivity contribution in [3.8, 4) is 11.4 Å². The Balaban J connectivity index is 1.48. The minimum absolute atomic E-state index is 0.0243. The molecule has 0 aliphatic rings. The van der Waals surface area contributed by atoms with Gasteiger partial charge in [0.2, 0.25) is 0 Å². The third-order valence-electron chi connectivity index (χ3n) is 5.43. The van der Waals surface area contributed by atoms with E-state index in [4.69, 9.17) is 4.74 Å². The number of aromatic nitrogens is 4. The van der Waals surface area contributed by atoms with Crippen LogP contribution in [0.15, 0.2) is 60.8 Å². The van der Waals surface area contributed by atoms with Crippen LogP contribution in [0.25, 0.3) is 5.69 Å². The Bertz CT molecular complexity index is 1360. The van der Waals surface area contributed by atoms with Crippen molar-refractivity contribution in [3.63, 3.8) is 0 Å². The van der Waals surface area contributed by atoms with Gasteiger partial charge in [-0.3, -0.25) is 9.48 Å². The number of aryl methyl sites for hydroxylation is 2. The lowest BCUT2D eigenvalue weighted by Crippen LogP contribution is -2.24. The lowest BCUT2D eigenvalue weighted by molar-refractivity contribution is -0.137. The van der Waals surface area contributed by atoms with E-state index in [1.165, 1.54) is 30.1 Å². The van der Waals surface area contributed by atoms with Crippen LogP contribution in [0.4, 0.5) is 13.2 Å². The predicted molar refractivity (Wildman–Crippen MR) is 124 cm³/mol. The molecule has 0 saturated heterocycles. The second-order valence-corrected chi connectivity index (χ2v) is 8.13. The van der Waals surface area contributed by atoms with Crippen molar-refractivity contribution < 1.29 is 22.7 Å². The first kappa shape index (κ1) is 24.1. The van der Waals surface area contributed by atoms with E-state index in [1.807, 2.05) is 48.9 Å². The number of alkyl halides is 3.